The summed E-state index contributed by atoms with van der Waals surface area (Å²) in [6.45, 7) is 4.95. The lowest BCUT2D eigenvalue weighted by Crippen LogP contribution is -2.29. The van der Waals surface area contributed by atoms with Crippen LogP contribution in [0.1, 0.15) is 16.7 Å². The van der Waals surface area contributed by atoms with E-state index in [1.54, 1.807) is 7.11 Å². The summed E-state index contributed by atoms with van der Waals surface area (Å²) < 4.78 is 10.7. The van der Waals surface area contributed by atoms with Crippen molar-refractivity contribution in [3.05, 3.63) is 59.2 Å². The van der Waals surface area contributed by atoms with Crippen molar-refractivity contribution in [2.75, 3.05) is 20.3 Å². The molecular formula is C19H23NO3. The van der Waals surface area contributed by atoms with Gasteiger partial charge >= 0.3 is 0 Å². The molecule has 4 heteroatoms. The first-order valence-corrected chi connectivity index (χ1v) is 7.68. The molecule has 0 bridgehead atoms. The summed E-state index contributed by atoms with van der Waals surface area (Å²) in [5, 5.41) is 2.88. The van der Waals surface area contributed by atoms with Crippen LogP contribution in [0.15, 0.2) is 42.5 Å². The molecule has 0 heterocycles. The predicted molar refractivity (Wildman–Crippen MR) is 91.1 cm³/mol. The molecule has 1 amide bonds. The Kier molecular flexibility index (Phi) is 6.03. The number of ether oxygens (including phenoxy) is 2. The maximum Gasteiger partial charge on any atom is 0.224 e. The van der Waals surface area contributed by atoms with Gasteiger partial charge < -0.3 is 14.8 Å². The summed E-state index contributed by atoms with van der Waals surface area (Å²) in [7, 11) is 1.62. The molecule has 0 aliphatic carbocycles. The van der Waals surface area contributed by atoms with Gasteiger partial charge in [-0.1, -0.05) is 29.8 Å². The molecule has 122 valence electrons. The third-order valence-electron chi connectivity index (χ3n) is 3.59. The van der Waals surface area contributed by atoms with Gasteiger partial charge in [0.25, 0.3) is 0 Å². The van der Waals surface area contributed by atoms with Gasteiger partial charge in [0.05, 0.1) is 20.1 Å². The Hall–Kier alpha value is -2.49. The van der Waals surface area contributed by atoms with Gasteiger partial charge in [-0.05, 0) is 37.1 Å². The van der Waals surface area contributed by atoms with Gasteiger partial charge in [0.2, 0.25) is 5.91 Å². The lowest BCUT2D eigenvalue weighted by molar-refractivity contribution is -0.120. The summed E-state index contributed by atoms with van der Waals surface area (Å²) in [6.07, 6.45) is 0.396. The van der Waals surface area contributed by atoms with Crippen LogP contribution in [-0.2, 0) is 11.2 Å². The monoisotopic (exact) mass is 313 g/mol. The molecule has 0 radical (unpaired) electrons. The highest BCUT2D eigenvalue weighted by atomic mass is 16.5. The first-order chi connectivity index (χ1) is 11.1. The SMILES string of the molecule is COc1cccc(OCCNC(=O)Cc2cc(C)ccc2C)c1. The van der Waals surface area contributed by atoms with E-state index in [1.807, 2.05) is 44.2 Å². The van der Waals surface area contributed by atoms with Crippen molar-refractivity contribution in [3.8, 4) is 11.5 Å². The van der Waals surface area contributed by atoms with Crippen LogP contribution in [0.4, 0.5) is 0 Å². The van der Waals surface area contributed by atoms with Gasteiger partial charge in [0.15, 0.2) is 0 Å². The Morgan fingerprint density at radius 3 is 2.65 bits per heavy atom. The van der Waals surface area contributed by atoms with E-state index in [2.05, 4.69) is 17.4 Å². The molecule has 0 unspecified atom stereocenters. The van der Waals surface area contributed by atoms with Crippen LogP contribution in [0.5, 0.6) is 11.5 Å². The smallest absolute Gasteiger partial charge is 0.224 e. The lowest BCUT2D eigenvalue weighted by Gasteiger charge is -2.10. The number of hydrogen-bond donors (Lipinski definition) is 1. The Bertz CT molecular complexity index is 667. The Balaban J connectivity index is 1.75. The Morgan fingerprint density at radius 2 is 1.87 bits per heavy atom. The van der Waals surface area contributed by atoms with Crippen molar-refractivity contribution in [1.82, 2.24) is 5.32 Å². The van der Waals surface area contributed by atoms with Crippen molar-refractivity contribution >= 4 is 5.91 Å². The minimum atomic E-state index is 0.00735. The molecule has 2 aromatic carbocycles. The minimum Gasteiger partial charge on any atom is -0.497 e. The molecule has 0 aliphatic heterocycles. The van der Waals surface area contributed by atoms with Gasteiger partial charge in [0, 0.05) is 6.07 Å². The maximum atomic E-state index is 12.0. The van der Waals surface area contributed by atoms with Crippen LogP contribution in [0.2, 0.25) is 0 Å². The Labute approximate surface area is 137 Å². The lowest BCUT2D eigenvalue weighted by atomic mass is 10.0. The third-order valence-corrected chi connectivity index (χ3v) is 3.59. The highest BCUT2D eigenvalue weighted by molar-refractivity contribution is 5.78. The van der Waals surface area contributed by atoms with E-state index in [-0.39, 0.29) is 5.91 Å². The van der Waals surface area contributed by atoms with Crippen LogP contribution in [0.25, 0.3) is 0 Å². The largest absolute Gasteiger partial charge is 0.497 e. The topological polar surface area (TPSA) is 47.6 Å². The predicted octanol–water partition coefficient (Wildman–Crippen LogP) is 3.05. The molecule has 1 N–H and O–H groups in total. The summed E-state index contributed by atoms with van der Waals surface area (Å²) >= 11 is 0. The highest BCUT2D eigenvalue weighted by Gasteiger charge is 2.06. The van der Waals surface area contributed by atoms with Crippen LogP contribution in [0, 0.1) is 13.8 Å². The van der Waals surface area contributed by atoms with Crippen molar-refractivity contribution in [2.24, 2.45) is 0 Å². The fraction of sp³-hybridized carbons (Fsp3) is 0.316. The second kappa shape index (κ2) is 8.22. The quantitative estimate of drug-likeness (QED) is 0.799. The standard InChI is InChI=1S/C19H23NO3/c1-14-7-8-15(2)16(11-14)12-19(21)20-9-10-23-18-6-4-5-17(13-18)22-3/h4-8,11,13H,9-10,12H2,1-3H3,(H,20,21). The average Bonchev–Trinajstić information content (AvgIpc) is 2.55. The van der Waals surface area contributed by atoms with E-state index in [9.17, 15) is 4.79 Å². The molecule has 0 atom stereocenters. The van der Waals surface area contributed by atoms with Crippen LogP contribution < -0.4 is 14.8 Å². The molecule has 0 saturated carbocycles. The van der Waals surface area contributed by atoms with E-state index in [0.29, 0.717) is 19.6 Å². The summed E-state index contributed by atoms with van der Waals surface area (Å²) in [6, 6.07) is 13.6. The molecule has 2 rings (SSSR count). The van der Waals surface area contributed by atoms with E-state index in [1.165, 1.54) is 5.56 Å². The van der Waals surface area contributed by atoms with Gasteiger partial charge in [-0.3, -0.25) is 4.79 Å². The number of aryl methyl sites for hydroxylation is 2. The summed E-state index contributed by atoms with van der Waals surface area (Å²) in [4.78, 5) is 12.0. The fourth-order valence-electron chi connectivity index (χ4n) is 2.28. The highest BCUT2D eigenvalue weighted by Crippen LogP contribution is 2.18. The molecule has 0 aromatic heterocycles. The number of carbonyl (C=O) groups excluding carboxylic acids is 1. The molecule has 4 nitrogen and oxygen atoms in total. The van der Waals surface area contributed by atoms with Gasteiger partial charge in [-0.2, -0.15) is 0 Å². The number of carbonyl (C=O) groups is 1. The summed E-state index contributed by atoms with van der Waals surface area (Å²) in [5.74, 6) is 1.49. The Morgan fingerprint density at radius 1 is 1.09 bits per heavy atom. The van der Waals surface area contributed by atoms with E-state index < -0.39 is 0 Å². The zero-order chi connectivity index (χ0) is 16.7. The average molecular weight is 313 g/mol. The van der Waals surface area contributed by atoms with Crippen molar-refractivity contribution in [3.63, 3.8) is 0 Å². The number of methoxy groups -OCH3 is 1. The molecule has 0 aliphatic rings. The second-order valence-corrected chi connectivity index (χ2v) is 5.48. The zero-order valence-corrected chi connectivity index (χ0v) is 13.9. The minimum absolute atomic E-state index is 0.00735. The summed E-state index contributed by atoms with van der Waals surface area (Å²) in [5.41, 5.74) is 3.37. The van der Waals surface area contributed by atoms with Gasteiger partial charge in [0.1, 0.15) is 18.1 Å². The normalized spacial score (nSPS) is 10.2. The number of amides is 1. The second-order valence-electron chi connectivity index (χ2n) is 5.48. The van der Waals surface area contributed by atoms with E-state index >= 15 is 0 Å². The van der Waals surface area contributed by atoms with Crippen LogP contribution in [0.3, 0.4) is 0 Å². The van der Waals surface area contributed by atoms with Gasteiger partial charge in [-0.25, -0.2) is 0 Å². The van der Waals surface area contributed by atoms with E-state index in [0.717, 1.165) is 22.6 Å². The van der Waals surface area contributed by atoms with Crippen molar-refractivity contribution in [1.29, 1.82) is 0 Å². The molecule has 0 saturated heterocycles. The molecule has 0 fully saturated rings. The first-order valence-electron chi connectivity index (χ1n) is 7.68. The van der Waals surface area contributed by atoms with Crippen molar-refractivity contribution in [2.45, 2.75) is 20.3 Å². The molecule has 0 spiro atoms. The van der Waals surface area contributed by atoms with Crippen molar-refractivity contribution < 1.29 is 14.3 Å². The fourth-order valence-corrected chi connectivity index (χ4v) is 2.28. The van der Waals surface area contributed by atoms with E-state index in [4.69, 9.17) is 9.47 Å². The van der Waals surface area contributed by atoms with Crippen LogP contribution in [-0.4, -0.2) is 26.2 Å². The zero-order valence-electron chi connectivity index (χ0n) is 13.9. The number of benzene rings is 2. The number of rotatable bonds is 7. The maximum absolute atomic E-state index is 12.0. The van der Waals surface area contributed by atoms with Crippen LogP contribution >= 0.6 is 0 Å². The molecule has 2 aromatic rings. The first kappa shape index (κ1) is 16.9. The number of hydrogen-bond acceptors (Lipinski definition) is 3. The molecule has 23 heavy (non-hydrogen) atoms. The third kappa shape index (κ3) is 5.33. The molecular weight excluding hydrogens is 290 g/mol. The van der Waals surface area contributed by atoms with Gasteiger partial charge in [-0.15, -0.1) is 0 Å². The number of nitrogens with one attached hydrogen (secondary N) is 1.